The number of hydrogen-bond acceptors (Lipinski definition) is 6. The Morgan fingerprint density at radius 3 is 2.00 bits per heavy atom. The molecule has 1 heterocycles. The number of aromatic nitrogens is 3. The molecule has 0 aliphatic carbocycles. The smallest absolute Gasteiger partial charge is 0.320 e. The van der Waals surface area contributed by atoms with Gasteiger partial charge in [-0.1, -0.05) is 0 Å². The molecule has 0 spiro atoms. The molecule has 7 heteroatoms. The van der Waals surface area contributed by atoms with E-state index in [4.69, 9.17) is 15.9 Å². The lowest BCUT2D eigenvalue weighted by molar-refractivity contribution is 0.0979. The van der Waals surface area contributed by atoms with Crippen molar-refractivity contribution in [3.05, 3.63) is 5.82 Å². The van der Waals surface area contributed by atoms with Crippen molar-refractivity contribution in [2.24, 2.45) is 0 Å². The molecule has 3 N–H and O–H groups in total. The first-order valence-corrected chi connectivity index (χ1v) is 2.49. The third-order valence-corrected chi connectivity index (χ3v) is 0.815. The Hall–Kier alpha value is -1.92. The molecule has 0 aromatic carbocycles. The van der Waals surface area contributed by atoms with Crippen molar-refractivity contribution in [2.75, 3.05) is 0 Å². The van der Waals surface area contributed by atoms with Gasteiger partial charge in [-0.3, -0.25) is 10.5 Å². The largest absolute Gasteiger partial charge is 0.479 e. The molecule has 0 atom stereocenters. The molecule has 0 unspecified atom stereocenters. The molecule has 1 amide bonds. The Labute approximate surface area is 60.5 Å². The average molecular weight is 155 g/mol. The lowest BCUT2D eigenvalue weighted by Crippen LogP contribution is -2.06. The maximum Gasteiger partial charge on any atom is 0.320 e. The van der Waals surface area contributed by atoms with Gasteiger partial charge in [0.2, 0.25) is 5.82 Å². The number of nitrogens with zero attached hydrogens (tertiary/aromatic N) is 3. The van der Waals surface area contributed by atoms with Gasteiger partial charge in [0.15, 0.2) is 0 Å². The summed E-state index contributed by atoms with van der Waals surface area (Å²) >= 11 is 0. The van der Waals surface area contributed by atoms with Crippen LogP contribution in [0.2, 0.25) is 0 Å². The average Bonchev–Trinajstić information content (AvgIpc) is 1.85. The summed E-state index contributed by atoms with van der Waals surface area (Å²) in [6.07, 6.45) is 0. The summed E-state index contributed by atoms with van der Waals surface area (Å²) in [6.45, 7) is 0. The van der Waals surface area contributed by atoms with E-state index in [1.54, 1.807) is 0 Å². The van der Waals surface area contributed by atoms with Crippen LogP contribution in [0.25, 0.3) is 0 Å². The van der Waals surface area contributed by atoms with Gasteiger partial charge in [0.1, 0.15) is 0 Å². The van der Waals surface area contributed by atoms with Crippen molar-refractivity contribution in [2.45, 2.75) is 0 Å². The van der Waals surface area contributed by atoms with E-state index in [-0.39, 0.29) is 0 Å². The molecule has 0 saturated heterocycles. The van der Waals surface area contributed by atoms with Crippen LogP contribution in [-0.4, -0.2) is 31.1 Å². The zero-order valence-electron chi connectivity index (χ0n) is 5.14. The second kappa shape index (κ2) is 2.37. The third-order valence-electron chi connectivity index (χ3n) is 0.815. The van der Waals surface area contributed by atoms with Gasteiger partial charge in [0, 0.05) is 0 Å². The van der Waals surface area contributed by atoms with E-state index in [0.717, 1.165) is 0 Å². The summed E-state index contributed by atoms with van der Waals surface area (Å²) in [5.41, 5.74) is 6.50. The maximum absolute atomic E-state index is 10.2. The first-order valence-electron chi connectivity index (χ1n) is 2.49. The standard InChI is InChI=1S/C4H3N4O3/c5-1(9)2-6-3(10)8-4(11)7-2/h5H,(H2,6,7,8,10,11). The Balaban J connectivity index is 3.19. The Bertz CT molecular complexity index is 279. The van der Waals surface area contributed by atoms with Crippen LogP contribution in [0.3, 0.4) is 0 Å². The molecule has 0 saturated carbocycles. The Morgan fingerprint density at radius 1 is 1.18 bits per heavy atom. The minimum atomic E-state index is -1.20. The number of carbonyl (C=O) groups excluding carboxylic acids is 1. The molecule has 7 nitrogen and oxygen atoms in total. The minimum Gasteiger partial charge on any atom is -0.479 e. The predicted molar refractivity (Wildman–Crippen MR) is 30.6 cm³/mol. The number of aromatic hydroxyl groups is 2. The van der Waals surface area contributed by atoms with Crippen LogP contribution in [0.5, 0.6) is 12.0 Å². The highest BCUT2D eigenvalue weighted by molar-refractivity contribution is 5.88. The van der Waals surface area contributed by atoms with Crippen LogP contribution in [0.4, 0.5) is 0 Å². The van der Waals surface area contributed by atoms with Crippen molar-refractivity contribution >= 4 is 5.91 Å². The summed E-state index contributed by atoms with van der Waals surface area (Å²) in [4.78, 5) is 19.4. The topological polar surface area (TPSA) is 120 Å². The van der Waals surface area contributed by atoms with Gasteiger partial charge in [0.05, 0.1) is 0 Å². The van der Waals surface area contributed by atoms with E-state index in [2.05, 4.69) is 15.0 Å². The van der Waals surface area contributed by atoms with Gasteiger partial charge in [-0.2, -0.15) is 9.97 Å². The highest BCUT2D eigenvalue weighted by Crippen LogP contribution is 2.04. The fraction of sp³-hybridized carbons (Fsp3) is 0. The van der Waals surface area contributed by atoms with Crippen LogP contribution in [0.15, 0.2) is 0 Å². The molecule has 0 bridgehead atoms. The van der Waals surface area contributed by atoms with Gasteiger partial charge in [-0.05, 0) is 0 Å². The lowest BCUT2D eigenvalue weighted by atomic mass is 10.6. The zero-order chi connectivity index (χ0) is 8.43. The summed E-state index contributed by atoms with van der Waals surface area (Å²) < 4.78 is 0. The Kier molecular flexibility index (Phi) is 1.55. The van der Waals surface area contributed by atoms with Crippen LogP contribution >= 0.6 is 0 Å². The summed E-state index contributed by atoms with van der Waals surface area (Å²) in [5, 5.41) is 17.2. The second-order valence-electron chi connectivity index (χ2n) is 1.59. The second-order valence-corrected chi connectivity index (χ2v) is 1.59. The number of hydrogen-bond donors (Lipinski definition) is 2. The third kappa shape index (κ3) is 1.51. The van der Waals surface area contributed by atoms with Crippen molar-refractivity contribution in [3.8, 4) is 12.0 Å². The fourth-order valence-electron chi connectivity index (χ4n) is 0.455. The maximum atomic E-state index is 10.2. The van der Waals surface area contributed by atoms with E-state index >= 15 is 0 Å². The summed E-state index contributed by atoms with van der Waals surface area (Å²) in [7, 11) is 0. The molecule has 0 fully saturated rings. The Morgan fingerprint density at radius 2 is 1.64 bits per heavy atom. The molecular weight excluding hydrogens is 152 g/mol. The number of rotatable bonds is 1. The fourth-order valence-corrected chi connectivity index (χ4v) is 0.455. The lowest BCUT2D eigenvalue weighted by Gasteiger charge is -1.93. The highest BCUT2D eigenvalue weighted by Gasteiger charge is 2.09. The van der Waals surface area contributed by atoms with Crippen molar-refractivity contribution in [1.29, 1.82) is 0 Å². The summed E-state index contributed by atoms with van der Waals surface area (Å²) in [6, 6.07) is -1.57. The number of amides is 1. The molecule has 0 aliphatic rings. The van der Waals surface area contributed by atoms with Crippen molar-refractivity contribution in [3.63, 3.8) is 0 Å². The van der Waals surface area contributed by atoms with Crippen LogP contribution in [0.1, 0.15) is 10.6 Å². The van der Waals surface area contributed by atoms with Crippen molar-refractivity contribution < 1.29 is 15.0 Å². The van der Waals surface area contributed by atoms with Gasteiger partial charge < -0.3 is 10.2 Å². The van der Waals surface area contributed by atoms with Crippen LogP contribution in [0, 0.1) is 0 Å². The van der Waals surface area contributed by atoms with Crippen molar-refractivity contribution in [1.82, 2.24) is 20.7 Å². The number of nitrogens with one attached hydrogen (secondary N) is 1. The molecule has 1 radical (unpaired) electrons. The first-order chi connectivity index (χ1) is 5.09. The van der Waals surface area contributed by atoms with Gasteiger partial charge in [-0.25, -0.2) is 0 Å². The van der Waals surface area contributed by atoms with E-state index < -0.39 is 23.8 Å². The van der Waals surface area contributed by atoms with E-state index in [1.807, 2.05) is 0 Å². The molecule has 1 aromatic heterocycles. The van der Waals surface area contributed by atoms with E-state index in [1.165, 1.54) is 0 Å². The summed E-state index contributed by atoms with van der Waals surface area (Å²) in [5.74, 6) is -1.78. The normalized spacial score (nSPS) is 9.45. The molecule has 1 rings (SSSR count). The highest BCUT2D eigenvalue weighted by atomic mass is 16.3. The van der Waals surface area contributed by atoms with Gasteiger partial charge in [-0.15, -0.1) is 4.98 Å². The number of carbonyl (C=O) groups is 1. The molecule has 1 aromatic rings. The van der Waals surface area contributed by atoms with Crippen LogP contribution < -0.4 is 5.73 Å². The van der Waals surface area contributed by atoms with E-state index in [0.29, 0.717) is 0 Å². The zero-order valence-corrected chi connectivity index (χ0v) is 5.14. The SMILES string of the molecule is [NH]C(=O)c1nc(O)nc(O)n1. The van der Waals surface area contributed by atoms with Crippen LogP contribution in [-0.2, 0) is 0 Å². The first kappa shape index (κ1) is 7.19. The molecule has 11 heavy (non-hydrogen) atoms. The minimum absolute atomic E-state index is 0.588. The quantitative estimate of drug-likeness (QED) is 0.520. The molecular formula is C4H3N4O3. The molecule has 0 aliphatic heterocycles. The van der Waals surface area contributed by atoms with Gasteiger partial charge >= 0.3 is 17.9 Å². The molecule has 57 valence electrons. The monoisotopic (exact) mass is 155 g/mol. The van der Waals surface area contributed by atoms with Gasteiger partial charge in [0.25, 0.3) is 0 Å². The van der Waals surface area contributed by atoms with E-state index in [9.17, 15) is 4.79 Å². The predicted octanol–water partition coefficient (Wildman–Crippen LogP) is -1.29.